The van der Waals surface area contributed by atoms with Gasteiger partial charge < -0.3 is 4.90 Å². The van der Waals surface area contributed by atoms with Gasteiger partial charge in [-0.3, -0.25) is 0 Å². The molecule has 9 heavy (non-hydrogen) atoms. The van der Waals surface area contributed by atoms with Crippen LogP contribution in [0.25, 0.3) is 0 Å². The fraction of sp³-hybridized carbons (Fsp3) is 1.00. The molecule has 0 aromatic heterocycles. The SMILES string of the molecule is CC1C2C3CC(C32)N1C. The van der Waals surface area contributed by atoms with Gasteiger partial charge in [0.05, 0.1) is 0 Å². The topological polar surface area (TPSA) is 3.24 Å². The maximum absolute atomic E-state index is 2.58. The second-order valence-electron chi connectivity index (χ2n) is 4.03. The van der Waals surface area contributed by atoms with Crippen molar-refractivity contribution in [3.8, 4) is 0 Å². The molecular formula is C8H13N. The highest BCUT2D eigenvalue weighted by Crippen LogP contribution is 2.69. The Morgan fingerprint density at radius 3 is 2.44 bits per heavy atom. The van der Waals surface area contributed by atoms with Crippen LogP contribution in [0.1, 0.15) is 13.3 Å². The fourth-order valence-electron chi connectivity index (χ4n) is 3.22. The molecule has 1 nitrogen and oxygen atoms in total. The van der Waals surface area contributed by atoms with Crippen LogP contribution in [0.4, 0.5) is 0 Å². The summed E-state index contributed by atoms with van der Waals surface area (Å²) in [5.41, 5.74) is 0. The van der Waals surface area contributed by atoms with E-state index in [1.165, 1.54) is 12.3 Å². The minimum Gasteiger partial charge on any atom is -0.300 e. The van der Waals surface area contributed by atoms with E-state index in [2.05, 4.69) is 18.9 Å². The summed E-state index contributed by atoms with van der Waals surface area (Å²) in [5, 5.41) is 0. The summed E-state index contributed by atoms with van der Waals surface area (Å²) in [4.78, 5) is 2.58. The molecule has 1 aliphatic heterocycles. The second-order valence-corrected chi connectivity index (χ2v) is 4.03. The molecular weight excluding hydrogens is 110 g/mol. The van der Waals surface area contributed by atoms with Crippen molar-refractivity contribution in [1.29, 1.82) is 0 Å². The zero-order valence-electron chi connectivity index (χ0n) is 6.04. The van der Waals surface area contributed by atoms with Gasteiger partial charge in [-0.2, -0.15) is 0 Å². The van der Waals surface area contributed by atoms with Crippen molar-refractivity contribution in [2.24, 2.45) is 17.8 Å². The zero-order valence-corrected chi connectivity index (χ0v) is 6.04. The second kappa shape index (κ2) is 1.07. The molecule has 1 heteroatoms. The molecule has 2 saturated carbocycles. The summed E-state index contributed by atoms with van der Waals surface area (Å²) in [6, 6.07) is 1.92. The molecule has 0 N–H and O–H groups in total. The summed E-state index contributed by atoms with van der Waals surface area (Å²) in [6.07, 6.45) is 1.52. The molecule has 0 aromatic carbocycles. The lowest BCUT2D eigenvalue weighted by molar-refractivity contribution is 0.112. The molecule has 0 aromatic rings. The molecule has 3 fully saturated rings. The van der Waals surface area contributed by atoms with Crippen molar-refractivity contribution in [3.05, 3.63) is 0 Å². The van der Waals surface area contributed by atoms with Gasteiger partial charge in [0.1, 0.15) is 0 Å². The molecule has 3 rings (SSSR count). The van der Waals surface area contributed by atoms with Crippen LogP contribution in [0.2, 0.25) is 0 Å². The van der Waals surface area contributed by atoms with Crippen LogP contribution in [0, 0.1) is 17.8 Å². The number of likely N-dealkylation sites (tertiary alicyclic amines) is 1. The summed E-state index contributed by atoms with van der Waals surface area (Å²) < 4.78 is 0. The third-order valence-electron chi connectivity index (χ3n) is 3.97. The summed E-state index contributed by atoms with van der Waals surface area (Å²) in [6.45, 7) is 2.39. The third-order valence-corrected chi connectivity index (χ3v) is 3.97. The minimum atomic E-state index is 0.916. The van der Waals surface area contributed by atoms with Gasteiger partial charge >= 0.3 is 0 Å². The van der Waals surface area contributed by atoms with Crippen molar-refractivity contribution >= 4 is 0 Å². The Balaban J connectivity index is 1.97. The van der Waals surface area contributed by atoms with E-state index < -0.39 is 0 Å². The predicted molar refractivity (Wildman–Crippen MR) is 36.1 cm³/mol. The van der Waals surface area contributed by atoms with Crippen molar-refractivity contribution in [2.45, 2.75) is 25.4 Å². The van der Waals surface area contributed by atoms with Gasteiger partial charge in [0.25, 0.3) is 0 Å². The number of rotatable bonds is 0. The van der Waals surface area contributed by atoms with Gasteiger partial charge in [-0.15, -0.1) is 0 Å². The van der Waals surface area contributed by atoms with Gasteiger partial charge in [0.2, 0.25) is 0 Å². The normalized spacial score (nSPS) is 69.3. The number of fused-ring (bicyclic) bond motifs is 1. The Morgan fingerprint density at radius 1 is 1.33 bits per heavy atom. The molecule has 0 amide bonds. The molecule has 1 saturated heterocycles. The average Bonchev–Trinajstić information content (AvgIpc) is 2.27. The van der Waals surface area contributed by atoms with Gasteiger partial charge in [-0.25, -0.2) is 0 Å². The van der Waals surface area contributed by atoms with Crippen molar-refractivity contribution in [2.75, 3.05) is 7.05 Å². The molecule has 5 atom stereocenters. The molecule has 2 aliphatic carbocycles. The Hall–Kier alpha value is -0.0400. The largest absolute Gasteiger partial charge is 0.300 e. The first-order valence-corrected chi connectivity index (χ1v) is 4.02. The average molecular weight is 123 g/mol. The van der Waals surface area contributed by atoms with Crippen molar-refractivity contribution < 1.29 is 0 Å². The first-order valence-electron chi connectivity index (χ1n) is 4.02. The molecule has 50 valence electrons. The maximum atomic E-state index is 2.58. The number of nitrogens with zero attached hydrogens (tertiary/aromatic N) is 1. The van der Waals surface area contributed by atoms with E-state index in [1.54, 1.807) is 0 Å². The highest BCUT2D eigenvalue weighted by molar-refractivity contribution is 5.22. The van der Waals surface area contributed by atoms with Crippen LogP contribution in [0.5, 0.6) is 0 Å². The van der Waals surface area contributed by atoms with E-state index in [0.717, 1.165) is 23.9 Å². The Bertz CT molecular complexity index is 152. The van der Waals surface area contributed by atoms with Crippen LogP contribution < -0.4 is 0 Å². The highest BCUT2D eigenvalue weighted by Gasteiger charge is 2.71. The molecule has 0 spiro atoms. The lowest BCUT2D eigenvalue weighted by Crippen LogP contribution is -2.43. The highest BCUT2D eigenvalue weighted by atomic mass is 15.3. The van der Waals surface area contributed by atoms with E-state index >= 15 is 0 Å². The van der Waals surface area contributed by atoms with E-state index in [4.69, 9.17) is 0 Å². The Kier molecular flexibility index (Phi) is 0.563. The quantitative estimate of drug-likeness (QED) is 0.463. The number of piperidine rings is 2. The maximum Gasteiger partial charge on any atom is 0.0132 e. The number of hydrogen-bond donors (Lipinski definition) is 0. The van der Waals surface area contributed by atoms with E-state index in [-0.39, 0.29) is 0 Å². The van der Waals surface area contributed by atoms with Crippen LogP contribution in [0.15, 0.2) is 0 Å². The first kappa shape index (κ1) is 4.73. The van der Waals surface area contributed by atoms with Crippen LogP contribution in [-0.4, -0.2) is 24.0 Å². The van der Waals surface area contributed by atoms with Crippen LogP contribution in [-0.2, 0) is 0 Å². The van der Waals surface area contributed by atoms with Gasteiger partial charge in [-0.1, -0.05) is 0 Å². The molecule has 0 radical (unpaired) electrons. The van der Waals surface area contributed by atoms with E-state index in [1.807, 2.05) is 0 Å². The van der Waals surface area contributed by atoms with Gasteiger partial charge in [-0.05, 0) is 38.1 Å². The smallest absolute Gasteiger partial charge is 0.0132 e. The molecule has 0 bridgehead atoms. The van der Waals surface area contributed by atoms with Gasteiger partial charge in [0, 0.05) is 12.1 Å². The van der Waals surface area contributed by atoms with Crippen molar-refractivity contribution in [1.82, 2.24) is 4.90 Å². The standard InChI is InChI=1S/C8H13N/c1-4-7-5-3-6(8(5)7)9(4)2/h4-8H,3H2,1-2H3. The van der Waals surface area contributed by atoms with E-state index in [9.17, 15) is 0 Å². The molecule has 3 aliphatic rings. The Labute approximate surface area is 56.0 Å². The fourth-order valence-corrected chi connectivity index (χ4v) is 3.22. The summed E-state index contributed by atoms with van der Waals surface area (Å²) in [5.74, 6) is 3.46. The minimum absolute atomic E-state index is 0.916. The lowest BCUT2D eigenvalue weighted by atomic mass is 9.91. The summed E-state index contributed by atoms with van der Waals surface area (Å²) in [7, 11) is 2.29. The van der Waals surface area contributed by atoms with E-state index in [0.29, 0.717) is 0 Å². The molecule has 5 unspecified atom stereocenters. The Morgan fingerprint density at radius 2 is 2.11 bits per heavy atom. The van der Waals surface area contributed by atoms with Crippen LogP contribution >= 0.6 is 0 Å². The van der Waals surface area contributed by atoms with Crippen molar-refractivity contribution in [3.63, 3.8) is 0 Å². The first-order chi connectivity index (χ1) is 4.30. The number of hydrogen-bond acceptors (Lipinski definition) is 1. The summed E-state index contributed by atoms with van der Waals surface area (Å²) >= 11 is 0. The predicted octanol–water partition coefficient (Wildman–Crippen LogP) is 0.955. The van der Waals surface area contributed by atoms with Crippen LogP contribution in [0.3, 0.4) is 0 Å². The zero-order chi connectivity index (χ0) is 6.17. The lowest BCUT2D eigenvalue weighted by Gasteiger charge is -2.36. The van der Waals surface area contributed by atoms with Gasteiger partial charge in [0.15, 0.2) is 0 Å². The monoisotopic (exact) mass is 123 g/mol. The third kappa shape index (κ3) is 0.315. The molecule has 1 heterocycles.